The lowest BCUT2D eigenvalue weighted by molar-refractivity contribution is -0.143. The molecule has 1 aromatic heterocycles. The first kappa shape index (κ1) is 31.1. The van der Waals surface area contributed by atoms with Gasteiger partial charge in [0, 0.05) is 29.6 Å². The SMILES string of the molecule is CCOC(=O)CCCOc1ccccc1NC(=O)/C=C(\C)c1ccc2c(ccn2C(c2ccccc2)c2ccc(OC)cc2)c1. The normalized spacial score (nSPS) is 12.0. The average molecular weight is 603 g/mol. The fourth-order valence-electron chi connectivity index (χ4n) is 5.35. The fraction of sp³-hybridized carbons (Fsp3) is 0.211. The summed E-state index contributed by atoms with van der Waals surface area (Å²) in [6.45, 7) is 4.41. The van der Waals surface area contributed by atoms with Crippen LogP contribution in [0.4, 0.5) is 5.69 Å². The number of aromatic nitrogens is 1. The molecule has 1 heterocycles. The molecule has 45 heavy (non-hydrogen) atoms. The molecule has 230 valence electrons. The zero-order chi connectivity index (χ0) is 31.6. The maximum atomic E-state index is 13.0. The second-order valence-corrected chi connectivity index (χ2v) is 10.7. The maximum absolute atomic E-state index is 13.0. The molecule has 5 rings (SSSR count). The summed E-state index contributed by atoms with van der Waals surface area (Å²) >= 11 is 0. The van der Waals surface area contributed by atoms with Crippen LogP contribution in [0.25, 0.3) is 16.5 Å². The highest BCUT2D eigenvalue weighted by molar-refractivity contribution is 6.05. The predicted molar refractivity (Wildman–Crippen MR) is 179 cm³/mol. The Morgan fingerprint density at radius 1 is 0.889 bits per heavy atom. The number of carbonyl (C=O) groups excluding carboxylic acids is 2. The average Bonchev–Trinajstić information content (AvgIpc) is 3.47. The molecule has 0 radical (unpaired) electrons. The van der Waals surface area contributed by atoms with Gasteiger partial charge in [-0.3, -0.25) is 9.59 Å². The van der Waals surface area contributed by atoms with Crippen LogP contribution in [-0.2, 0) is 14.3 Å². The van der Waals surface area contributed by atoms with Crippen molar-refractivity contribution >= 4 is 34.0 Å². The number of nitrogens with one attached hydrogen (secondary N) is 1. The molecule has 5 aromatic rings. The van der Waals surface area contributed by atoms with E-state index in [2.05, 4.69) is 76.7 Å². The topological polar surface area (TPSA) is 78.8 Å². The zero-order valence-electron chi connectivity index (χ0n) is 25.9. The van der Waals surface area contributed by atoms with Crippen LogP contribution in [-0.4, -0.2) is 36.8 Å². The lowest BCUT2D eigenvalue weighted by Gasteiger charge is -2.22. The van der Waals surface area contributed by atoms with Crippen molar-refractivity contribution in [3.05, 3.63) is 132 Å². The van der Waals surface area contributed by atoms with Gasteiger partial charge in [0.25, 0.3) is 0 Å². The largest absolute Gasteiger partial charge is 0.497 e. The highest BCUT2D eigenvalue weighted by Crippen LogP contribution is 2.33. The van der Waals surface area contributed by atoms with Gasteiger partial charge in [0.1, 0.15) is 11.5 Å². The van der Waals surface area contributed by atoms with Gasteiger partial charge in [0.2, 0.25) is 5.91 Å². The lowest BCUT2D eigenvalue weighted by Crippen LogP contribution is -2.11. The molecule has 4 aromatic carbocycles. The zero-order valence-corrected chi connectivity index (χ0v) is 25.9. The molecule has 1 unspecified atom stereocenters. The summed E-state index contributed by atoms with van der Waals surface area (Å²) in [4.78, 5) is 24.6. The predicted octanol–water partition coefficient (Wildman–Crippen LogP) is 8.05. The van der Waals surface area contributed by atoms with Crippen molar-refractivity contribution in [3.8, 4) is 11.5 Å². The molecule has 1 amide bonds. The van der Waals surface area contributed by atoms with Crippen molar-refractivity contribution < 1.29 is 23.8 Å². The van der Waals surface area contributed by atoms with Gasteiger partial charge in [-0.25, -0.2) is 0 Å². The number of hydrogen-bond donors (Lipinski definition) is 1. The summed E-state index contributed by atoms with van der Waals surface area (Å²) < 4.78 is 18.5. The molecule has 0 bridgehead atoms. The Labute approximate surface area is 264 Å². The third-order valence-corrected chi connectivity index (χ3v) is 7.58. The van der Waals surface area contributed by atoms with Crippen molar-refractivity contribution in [2.45, 2.75) is 32.7 Å². The van der Waals surface area contributed by atoms with E-state index in [1.165, 1.54) is 5.56 Å². The van der Waals surface area contributed by atoms with Crippen LogP contribution in [0.1, 0.15) is 49.4 Å². The van der Waals surface area contributed by atoms with Gasteiger partial charge in [-0.05, 0) is 85.0 Å². The van der Waals surface area contributed by atoms with Gasteiger partial charge in [0.15, 0.2) is 0 Å². The number of esters is 1. The van der Waals surface area contributed by atoms with Gasteiger partial charge < -0.3 is 24.1 Å². The van der Waals surface area contributed by atoms with Crippen LogP contribution in [0.15, 0.2) is 115 Å². The van der Waals surface area contributed by atoms with E-state index in [0.717, 1.165) is 33.4 Å². The second kappa shape index (κ2) is 14.9. The standard InChI is InChI=1S/C38H38N2O5/c1-4-44-37(42)15-10-24-45-35-14-9-8-13-33(35)39-36(41)25-27(2)30-18-21-34-31(26-30)22-23-40(34)38(28-11-6-5-7-12-28)29-16-19-32(43-3)20-17-29/h5-9,11-14,16-23,25-26,38H,4,10,15,24H2,1-3H3,(H,39,41)/b27-25+. The Kier molecular flexibility index (Phi) is 10.3. The molecular formula is C38H38N2O5. The van der Waals surface area contributed by atoms with Crippen LogP contribution in [0.3, 0.4) is 0 Å². The van der Waals surface area contributed by atoms with E-state index in [1.54, 1.807) is 32.2 Å². The molecule has 1 N–H and O–H groups in total. The maximum Gasteiger partial charge on any atom is 0.305 e. The smallest absolute Gasteiger partial charge is 0.305 e. The number of carbonyl (C=O) groups is 2. The molecule has 0 aliphatic carbocycles. The molecule has 1 atom stereocenters. The van der Waals surface area contributed by atoms with Crippen molar-refractivity contribution in [3.63, 3.8) is 0 Å². The van der Waals surface area contributed by atoms with Crippen LogP contribution < -0.4 is 14.8 Å². The molecule has 0 saturated heterocycles. The van der Waals surface area contributed by atoms with Crippen molar-refractivity contribution in [1.82, 2.24) is 4.57 Å². The van der Waals surface area contributed by atoms with E-state index in [9.17, 15) is 9.59 Å². The summed E-state index contributed by atoms with van der Waals surface area (Å²) in [6.07, 6.45) is 4.52. The van der Waals surface area contributed by atoms with E-state index in [-0.39, 0.29) is 24.3 Å². The summed E-state index contributed by atoms with van der Waals surface area (Å²) in [7, 11) is 1.67. The third kappa shape index (κ3) is 7.81. The number of rotatable bonds is 13. The lowest BCUT2D eigenvalue weighted by atomic mass is 9.98. The van der Waals surface area contributed by atoms with Crippen molar-refractivity contribution in [2.75, 3.05) is 25.6 Å². The summed E-state index contributed by atoms with van der Waals surface area (Å²) in [6, 6.07) is 34.3. The molecule has 0 aliphatic heterocycles. The number of anilines is 1. The number of amides is 1. The number of methoxy groups -OCH3 is 1. The van der Waals surface area contributed by atoms with E-state index in [4.69, 9.17) is 14.2 Å². The molecule has 0 aliphatic rings. The van der Waals surface area contributed by atoms with Crippen LogP contribution in [0.2, 0.25) is 0 Å². The molecule has 0 saturated carbocycles. The molecule has 0 fully saturated rings. The van der Waals surface area contributed by atoms with Gasteiger partial charge in [0.05, 0.1) is 32.1 Å². The number of hydrogen-bond acceptors (Lipinski definition) is 5. The van der Waals surface area contributed by atoms with E-state index >= 15 is 0 Å². The molecular weight excluding hydrogens is 564 g/mol. The minimum Gasteiger partial charge on any atom is -0.497 e. The summed E-state index contributed by atoms with van der Waals surface area (Å²) in [5.41, 5.74) is 5.79. The highest BCUT2D eigenvalue weighted by atomic mass is 16.5. The Morgan fingerprint density at radius 2 is 1.62 bits per heavy atom. The first-order chi connectivity index (χ1) is 22.0. The van der Waals surface area contributed by atoms with Crippen molar-refractivity contribution in [2.24, 2.45) is 0 Å². The fourth-order valence-corrected chi connectivity index (χ4v) is 5.35. The summed E-state index contributed by atoms with van der Waals surface area (Å²) in [5, 5.41) is 4.02. The summed E-state index contributed by atoms with van der Waals surface area (Å²) in [5.74, 6) is 0.872. The number of fused-ring (bicyclic) bond motifs is 1. The molecule has 7 heteroatoms. The number of allylic oxidation sites excluding steroid dienone is 1. The van der Waals surface area contributed by atoms with Gasteiger partial charge in [-0.15, -0.1) is 0 Å². The van der Waals surface area contributed by atoms with E-state index in [1.807, 2.05) is 37.3 Å². The number of ether oxygens (including phenoxy) is 3. The van der Waals surface area contributed by atoms with Gasteiger partial charge in [-0.2, -0.15) is 0 Å². The number of para-hydroxylation sites is 2. The minimum atomic E-state index is -0.253. The molecule has 7 nitrogen and oxygen atoms in total. The Hall–Kier alpha value is -5.30. The highest BCUT2D eigenvalue weighted by Gasteiger charge is 2.18. The van der Waals surface area contributed by atoms with Gasteiger partial charge in [-0.1, -0.05) is 60.7 Å². The Bertz CT molecular complexity index is 1770. The van der Waals surface area contributed by atoms with E-state index in [0.29, 0.717) is 31.1 Å². The molecule has 0 spiro atoms. The second-order valence-electron chi connectivity index (χ2n) is 10.7. The van der Waals surface area contributed by atoms with Crippen LogP contribution >= 0.6 is 0 Å². The number of nitrogens with zero attached hydrogens (tertiary/aromatic N) is 1. The van der Waals surface area contributed by atoms with E-state index < -0.39 is 0 Å². The van der Waals surface area contributed by atoms with Crippen molar-refractivity contribution in [1.29, 1.82) is 0 Å². The first-order valence-electron chi connectivity index (χ1n) is 15.1. The first-order valence-corrected chi connectivity index (χ1v) is 15.1. The third-order valence-electron chi connectivity index (χ3n) is 7.58. The van der Waals surface area contributed by atoms with Crippen LogP contribution in [0, 0.1) is 0 Å². The Morgan fingerprint density at radius 3 is 2.38 bits per heavy atom. The quantitative estimate of drug-likeness (QED) is 0.0838. The minimum absolute atomic E-state index is 0.0182. The monoisotopic (exact) mass is 602 g/mol. The van der Waals surface area contributed by atoms with Gasteiger partial charge >= 0.3 is 5.97 Å². The van der Waals surface area contributed by atoms with Crippen LogP contribution in [0.5, 0.6) is 11.5 Å². The number of benzene rings is 4. The Balaban J connectivity index is 1.32.